The summed E-state index contributed by atoms with van der Waals surface area (Å²) < 4.78 is 49.7. The molecule has 0 unspecified atom stereocenters. The molecular weight excluding hydrogens is 348 g/mol. The highest BCUT2D eigenvalue weighted by Gasteiger charge is 2.45. The molecule has 2 aromatic rings. The molecule has 24 heavy (non-hydrogen) atoms. The highest BCUT2D eigenvalue weighted by molar-refractivity contribution is 7.96. The molecule has 0 radical (unpaired) electrons. The van der Waals surface area contributed by atoms with Crippen LogP contribution in [0.2, 0.25) is 0 Å². The Morgan fingerprint density at radius 2 is 1.75 bits per heavy atom. The van der Waals surface area contributed by atoms with Crippen LogP contribution in [0.25, 0.3) is 0 Å². The first kappa shape index (κ1) is 17.1. The van der Waals surface area contributed by atoms with Crippen LogP contribution in [0.15, 0.2) is 59.6 Å². The number of nitrogens with one attached hydrogen (secondary N) is 1. The van der Waals surface area contributed by atoms with Gasteiger partial charge in [-0.2, -0.15) is 0 Å². The van der Waals surface area contributed by atoms with Crippen LogP contribution < -0.4 is 5.32 Å². The number of hydrogen-bond donors (Lipinski definition) is 1. The van der Waals surface area contributed by atoms with Crippen LogP contribution in [0.1, 0.15) is 5.69 Å². The minimum atomic E-state index is -3.73. The zero-order chi connectivity index (χ0) is 17.2. The lowest BCUT2D eigenvalue weighted by Gasteiger charge is -2.19. The van der Waals surface area contributed by atoms with Gasteiger partial charge in [0.05, 0.1) is 27.3 Å². The monoisotopic (exact) mass is 366 g/mol. The van der Waals surface area contributed by atoms with Crippen molar-refractivity contribution in [2.45, 2.75) is 22.7 Å². The topological polar surface area (TPSA) is 93.2 Å². The molecule has 128 valence electrons. The predicted octanol–water partition coefficient (Wildman–Crippen LogP) is 0.811. The summed E-state index contributed by atoms with van der Waals surface area (Å²) in [5.41, 5.74) is 0.734. The van der Waals surface area contributed by atoms with Crippen LogP contribution in [0.3, 0.4) is 0 Å². The van der Waals surface area contributed by atoms with E-state index in [-0.39, 0.29) is 16.4 Å². The zero-order valence-corrected chi connectivity index (χ0v) is 14.5. The third kappa shape index (κ3) is 3.66. The Morgan fingerprint density at radius 3 is 2.42 bits per heavy atom. The summed E-state index contributed by atoms with van der Waals surface area (Å²) in [7, 11) is -7.13. The smallest absolute Gasteiger partial charge is 0.183 e. The summed E-state index contributed by atoms with van der Waals surface area (Å²) in [6.45, 7) is 0.321. The number of hydrogen-bond acceptors (Lipinski definition) is 6. The fourth-order valence-electron chi connectivity index (χ4n) is 2.83. The van der Waals surface area contributed by atoms with Gasteiger partial charge < -0.3 is 5.32 Å². The normalized spacial score (nSPS) is 23.2. The van der Waals surface area contributed by atoms with E-state index in [0.29, 0.717) is 6.54 Å². The highest BCUT2D eigenvalue weighted by Crippen LogP contribution is 2.26. The minimum absolute atomic E-state index is 0.150. The lowest BCUT2D eigenvalue weighted by atomic mass is 10.2. The van der Waals surface area contributed by atoms with Crippen molar-refractivity contribution in [3.63, 3.8) is 0 Å². The molecule has 0 aliphatic carbocycles. The summed E-state index contributed by atoms with van der Waals surface area (Å²) in [5, 5.41) is 2.07. The Bertz CT molecular complexity index is 898. The fraction of sp³-hybridized carbons (Fsp3) is 0.312. The van der Waals surface area contributed by atoms with Crippen LogP contribution in [0.4, 0.5) is 0 Å². The molecule has 2 heterocycles. The molecular formula is C16H18N2O4S2. The second-order valence-corrected chi connectivity index (χ2v) is 10.1. The van der Waals surface area contributed by atoms with E-state index in [1.807, 2.05) is 6.07 Å². The quantitative estimate of drug-likeness (QED) is 0.842. The van der Waals surface area contributed by atoms with Crippen molar-refractivity contribution in [3.05, 3.63) is 60.4 Å². The lowest BCUT2D eigenvalue weighted by Crippen LogP contribution is -2.43. The van der Waals surface area contributed by atoms with E-state index in [1.165, 1.54) is 12.1 Å². The molecule has 1 aliphatic rings. The standard InChI is InChI=1S/C16H18N2O4S2/c19-23(20)11-15(18-10-13-6-4-5-9-17-13)16(12-23)24(21,22)14-7-2-1-3-8-14/h1-9,15-16,18H,10-12H2/t15-,16-/m0/s1. The van der Waals surface area contributed by atoms with Crippen LogP contribution in [-0.2, 0) is 26.2 Å². The van der Waals surface area contributed by atoms with Crippen molar-refractivity contribution in [2.24, 2.45) is 0 Å². The molecule has 8 heteroatoms. The van der Waals surface area contributed by atoms with E-state index < -0.39 is 31.0 Å². The van der Waals surface area contributed by atoms with E-state index in [2.05, 4.69) is 10.3 Å². The van der Waals surface area contributed by atoms with Crippen molar-refractivity contribution in [2.75, 3.05) is 11.5 Å². The molecule has 1 saturated heterocycles. The lowest BCUT2D eigenvalue weighted by molar-refractivity contribution is 0.523. The fourth-order valence-corrected chi connectivity index (χ4v) is 7.57. The van der Waals surface area contributed by atoms with Crippen molar-refractivity contribution >= 4 is 19.7 Å². The number of sulfone groups is 2. The molecule has 1 aliphatic heterocycles. The molecule has 1 aromatic heterocycles. The van der Waals surface area contributed by atoms with Gasteiger partial charge >= 0.3 is 0 Å². The van der Waals surface area contributed by atoms with Gasteiger partial charge in [0.15, 0.2) is 19.7 Å². The molecule has 2 atom stereocenters. The predicted molar refractivity (Wildman–Crippen MR) is 90.9 cm³/mol. The van der Waals surface area contributed by atoms with Gasteiger partial charge in [-0.15, -0.1) is 0 Å². The Kier molecular flexibility index (Phi) is 4.71. The van der Waals surface area contributed by atoms with Crippen LogP contribution in [0, 0.1) is 0 Å². The average molecular weight is 366 g/mol. The second-order valence-electron chi connectivity index (χ2n) is 5.78. The van der Waals surface area contributed by atoms with E-state index in [0.717, 1.165) is 5.69 Å². The van der Waals surface area contributed by atoms with Crippen LogP contribution in [0.5, 0.6) is 0 Å². The van der Waals surface area contributed by atoms with Crippen LogP contribution >= 0.6 is 0 Å². The van der Waals surface area contributed by atoms with Gasteiger partial charge in [-0.05, 0) is 24.3 Å². The van der Waals surface area contributed by atoms with E-state index in [4.69, 9.17) is 0 Å². The van der Waals surface area contributed by atoms with Crippen molar-refractivity contribution in [3.8, 4) is 0 Å². The summed E-state index contributed by atoms with van der Waals surface area (Å²) >= 11 is 0. The molecule has 0 amide bonds. The van der Waals surface area contributed by atoms with E-state index in [1.54, 1.807) is 36.5 Å². The first-order valence-electron chi connectivity index (χ1n) is 7.51. The number of pyridine rings is 1. The van der Waals surface area contributed by atoms with E-state index >= 15 is 0 Å². The first-order valence-corrected chi connectivity index (χ1v) is 10.9. The van der Waals surface area contributed by atoms with Gasteiger partial charge in [0.1, 0.15) is 0 Å². The molecule has 1 aromatic carbocycles. The summed E-state index contributed by atoms with van der Waals surface area (Å²) in [4.78, 5) is 4.31. The molecule has 0 saturated carbocycles. The zero-order valence-electron chi connectivity index (χ0n) is 12.9. The Balaban J connectivity index is 1.84. The molecule has 3 rings (SSSR count). The van der Waals surface area contributed by atoms with Gasteiger partial charge in [0.2, 0.25) is 0 Å². The van der Waals surface area contributed by atoms with E-state index in [9.17, 15) is 16.8 Å². The maximum absolute atomic E-state index is 12.8. The van der Waals surface area contributed by atoms with Crippen molar-refractivity contribution in [1.82, 2.24) is 10.3 Å². The maximum atomic E-state index is 12.8. The minimum Gasteiger partial charge on any atom is -0.306 e. The Hall–Kier alpha value is -1.77. The number of benzene rings is 1. The van der Waals surface area contributed by atoms with Crippen molar-refractivity contribution in [1.29, 1.82) is 0 Å². The third-order valence-corrected chi connectivity index (χ3v) is 8.21. The molecule has 6 nitrogen and oxygen atoms in total. The van der Waals surface area contributed by atoms with Crippen LogP contribution in [-0.4, -0.2) is 44.6 Å². The SMILES string of the molecule is O=S1(=O)C[C@H](NCc2ccccn2)[C@@H](S(=O)(=O)c2ccccc2)C1. The highest BCUT2D eigenvalue weighted by atomic mass is 32.2. The van der Waals surface area contributed by atoms with Gasteiger partial charge in [-0.3, -0.25) is 4.98 Å². The summed E-state index contributed by atoms with van der Waals surface area (Å²) in [6.07, 6.45) is 1.64. The largest absolute Gasteiger partial charge is 0.306 e. The van der Waals surface area contributed by atoms with Gasteiger partial charge in [-0.1, -0.05) is 24.3 Å². The Morgan fingerprint density at radius 1 is 1.04 bits per heavy atom. The number of rotatable bonds is 5. The average Bonchev–Trinajstić information content (AvgIpc) is 2.90. The molecule has 0 spiro atoms. The van der Waals surface area contributed by atoms with Crippen molar-refractivity contribution < 1.29 is 16.8 Å². The Labute approximate surface area is 141 Å². The summed E-state index contributed by atoms with van der Waals surface area (Å²) in [5.74, 6) is -0.541. The molecule has 1 N–H and O–H groups in total. The van der Waals surface area contributed by atoms with Gasteiger partial charge in [0, 0.05) is 18.8 Å². The second kappa shape index (κ2) is 6.62. The maximum Gasteiger partial charge on any atom is 0.183 e. The molecule has 1 fully saturated rings. The summed E-state index contributed by atoms with van der Waals surface area (Å²) in [6, 6.07) is 12.7. The number of nitrogens with zero attached hydrogens (tertiary/aromatic N) is 1. The first-order chi connectivity index (χ1) is 11.4. The third-order valence-electron chi connectivity index (χ3n) is 4.04. The van der Waals surface area contributed by atoms with Gasteiger partial charge in [0.25, 0.3) is 0 Å². The molecule has 0 bridgehead atoms. The number of aromatic nitrogens is 1. The van der Waals surface area contributed by atoms with Gasteiger partial charge in [-0.25, -0.2) is 16.8 Å².